The summed E-state index contributed by atoms with van der Waals surface area (Å²) in [7, 11) is 6.20. The van der Waals surface area contributed by atoms with Crippen LogP contribution in [0.15, 0.2) is 61.3 Å². The smallest absolute Gasteiger partial charge is 0.420 e. The van der Waals surface area contributed by atoms with Gasteiger partial charge in [-0.05, 0) is 73.8 Å². The van der Waals surface area contributed by atoms with Crippen molar-refractivity contribution in [1.82, 2.24) is 33.6 Å². The molecule has 0 bridgehead atoms. The lowest BCUT2D eigenvalue weighted by Gasteiger charge is -2.45. The molecule has 0 spiro atoms. The van der Waals surface area contributed by atoms with Crippen LogP contribution < -0.4 is 0 Å². The molecule has 4 unspecified atom stereocenters. The van der Waals surface area contributed by atoms with Crippen LogP contribution in [0, 0.1) is 41.4 Å². The van der Waals surface area contributed by atoms with Gasteiger partial charge in [0.05, 0.1) is 49.0 Å². The molecule has 6 rings (SSSR count). The summed E-state index contributed by atoms with van der Waals surface area (Å²) in [4.78, 5) is 106. The normalized spacial score (nSPS) is 32.6. The Morgan fingerprint density at radius 3 is 1.87 bits per heavy atom. The number of aromatic nitrogens is 6. The van der Waals surface area contributed by atoms with Crippen LogP contribution >= 0.6 is 0 Å². The Kier molecular flexibility index (Phi) is 27.0. The average molecular weight is 1270 g/mol. The number of carbonyl (C=O) groups is 6. The molecule has 3 aliphatic rings. The maximum Gasteiger partial charge on any atom is 0.420 e. The van der Waals surface area contributed by atoms with Crippen molar-refractivity contribution in [2.24, 2.45) is 46.6 Å². The first-order valence-electron chi connectivity index (χ1n) is 30.8. The SMILES string of the molecule is CON=C1CC(C)OC(O[C@@H]2[C@@H](C)[C@H](OCO[C@@H](C)CN(C)C(C)C)C(C)C(=O)O[C@H]([C@@H](C)COC3O[C@H](C)[C@@H](OC(=O)n4ccnc4)[C@@H](OC)[C@H]3OC)[C@H](C)[C@@H](OC(=O)CC(C)C)[C@@H](C)C(=O)[C@@](C)(OC(=O)n3ccnc3)C[C@@H]2C)[C@@H]1OC(=O)n1ccnc1. The molecule has 28 nitrogen and oxygen atoms in total. The molecule has 3 aromatic rings. The summed E-state index contributed by atoms with van der Waals surface area (Å²) in [6.07, 6.45) is -3.67. The van der Waals surface area contributed by atoms with E-state index in [-0.39, 0.29) is 56.4 Å². The molecule has 0 aromatic carbocycles. The number of ketones is 1. The Morgan fingerprint density at radius 1 is 0.711 bits per heavy atom. The number of esters is 2. The second kappa shape index (κ2) is 33.4. The van der Waals surface area contributed by atoms with Crippen molar-refractivity contribution in [2.75, 3.05) is 48.3 Å². The molecular weight excluding hydrogens is 1180 g/mol. The summed E-state index contributed by atoms with van der Waals surface area (Å²) in [6.45, 7) is 25.0. The molecular formula is C62H96N8O20. The molecule has 504 valence electrons. The van der Waals surface area contributed by atoms with Crippen molar-refractivity contribution < 1.29 is 95.2 Å². The summed E-state index contributed by atoms with van der Waals surface area (Å²) in [5.74, 6) is -8.13. The number of rotatable bonds is 22. The summed E-state index contributed by atoms with van der Waals surface area (Å²) in [5.41, 5.74) is -1.78. The quantitative estimate of drug-likeness (QED) is 0.0416. The molecule has 90 heavy (non-hydrogen) atoms. The van der Waals surface area contributed by atoms with Crippen LogP contribution in [0.3, 0.4) is 0 Å². The highest BCUT2D eigenvalue weighted by Crippen LogP contribution is 2.40. The predicted molar refractivity (Wildman–Crippen MR) is 320 cm³/mol. The van der Waals surface area contributed by atoms with Gasteiger partial charge in [0.25, 0.3) is 0 Å². The lowest BCUT2D eigenvalue weighted by Crippen LogP contribution is -2.60. The fourth-order valence-electron chi connectivity index (χ4n) is 12.0. The Morgan fingerprint density at radius 2 is 1.31 bits per heavy atom. The van der Waals surface area contributed by atoms with Gasteiger partial charge in [0.15, 0.2) is 29.9 Å². The molecule has 20 atom stereocenters. The van der Waals surface area contributed by atoms with E-state index in [1.165, 1.54) is 89.0 Å². The number of ether oxygens (including phenoxy) is 13. The molecule has 3 fully saturated rings. The number of cyclic esters (lactones) is 1. The Hall–Kier alpha value is -6.24. The second-order valence-electron chi connectivity index (χ2n) is 25.0. The van der Waals surface area contributed by atoms with E-state index in [0.29, 0.717) is 6.54 Å². The minimum Gasteiger partial charge on any atom is -0.461 e. The van der Waals surface area contributed by atoms with Gasteiger partial charge in [-0.3, -0.25) is 14.4 Å². The number of likely N-dealkylation sites (N-methyl/N-ethyl adjacent to an activating group) is 1. The highest BCUT2D eigenvalue weighted by atomic mass is 16.7. The monoisotopic (exact) mass is 1270 g/mol. The van der Waals surface area contributed by atoms with Crippen molar-refractivity contribution in [3.8, 4) is 0 Å². The minimum atomic E-state index is -2.05. The zero-order chi connectivity index (χ0) is 66.3. The summed E-state index contributed by atoms with van der Waals surface area (Å²) < 4.78 is 86.5. The van der Waals surface area contributed by atoms with Gasteiger partial charge in [-0.2, -0.15) is 0 Å². The third-order valence-electron chi connectivity index (χ3n) is 17.0. The lowest BCUT2D eigenvalue weighted by atomic mass is 9.74. The van der Waals surface area contributed by atoms with Crippen molar-refractivity contribution in [3.63, 3.8) is 0 Å². The van der Waals surface area contributed by atoms with Gasteiger partial charge in [-0.1, -0.05) is 53.6 Å². The number of imidazole rings is 3. The first-order chi connectivity index (χ1) is 42.6. The average Bonchev–Trinajstić information content (AvgIpc) is 0.938. The number of carbonyl (C=O) groups excluding carboxylic acids is 6. The highest BCUT2D eigenvalue weighted by Gasteiger charge is 2.53. The molecule has 3 saturated heterocycles. The van der Waals surface area contributed by atoms with Crippen LogP contribution in [0.1, 0.15) is 116 Å². The molecule has 0 N–H and O–H groups in total. The van der Waals surface area contributed by atoms with Gasteiger partial charge in [-0.15, -0.1) is 0 Å². The second-order valence-corrected chi connectivity index (χ2v) is 25.0. The zero-order valence-electron chi connectivity index (χ0n) is 55.3. The van der Waals surface area contributed by atoms with E-state index in [4.69, 9.17) is 66.4 Å². The summed E-state index contributed by atoms with van der Waals surface area (Å²) in [6, 6.07) is 0.203. The lowest BCUT2D eigenvalue weighted by molar-refractivity contribution is -0.304. The van der Waals surface area contributed by atoms with E-state index in [2.05, 4.69) is 38.9 Å². The first kappa shape index (κ1) is 72.8. The third-order valence-corrected chi connectivity index (χ3v) is 17.0. The third kappa shape index (κ3) is 18.7. The summed E-state index contributed by atoms with van der Waals surface area (Å²) in [5, 5.41) is 4.26. The molecule has 3 aliphatic heterocycles. The van der Waals surface area contributed by atoms with Crippen LogP contribution in [-0.4, -0.2) is 215 Å². The number of nitrogens with zero attached hydrogens (tertiary/aromatic N) is 8. The number of hydrogen-bond acceptors (Lipinski definition) is 25. The van der Waals surface area contributed by atoms with Gasteiger partial charge < -0.3 is 71.3 Å². The van der Waals surface area contributed by atoms with Gasteiger partial charge >= 0.3 is 30.2 Å². The van der Waals surface area contributed by atoms with Crippen LogP contribution in [0.4, 0.5) is 14.4 Å². The fraction of sp³-hybridized carbons (Fsp3) is 0.742. The molecule has 0 radical (unpaired) electrons. The van der Waals surface area contributed by atoms with Crippen molar-refractivity contribution in [3.05, 3.63) is 56.2 Å². The van der Waals surface area contributed by atoms with E-state index >= 15 is 9.59 Å². The van der Waals surface area contributed by atoms with E-state index in [9.17, 15) is 19.2 Å². The first-order valence-corrected chi connectivity index (χ1v) is 30.8. The van der Waals surface area contributed by atoms with Crippen molar-refractivity contribution in [1.29, 1.82) is 0 Å². The van der Waals surface area contributed by atoms with Crippen molar-refractivity contribution in [2.45, 2.75) is 208 Å². The van der Waals surface area contributed by atoms with Crippen LogP contribution in [0.5, 0.6) is 0 Å². The Balaban J connectivity index is 1.48. The molecule has 0 amide bonds. The number of hydrogen-bond donors (Lipinski definition) is 0. The molecule has 0 saturated carbocycles. The van der Waals surface area contributed by atoms with Gasteiger partial charge in [-0.25, -0.2) is 43.0 Å². The van der Waals surface area contributed by atoms with Gasteiger partial charge in [0.1, 0.15) is 63.0 Å². The fourth-order valence-corrected chi connectivity index (χ4v) is 12.0. The molecule has 6 heterocycles. The van der Waals surface area contributed by atoms with Crippen LogP contribution in [0.25, 0.3) is 0 Å². The van der Waals surface area contributed by atoms with Crippen LogP contribution in [0.2, 0.25) is 0 Å². The standard InChI is InChI=1S/C62H96N8O20/c1-34(2)25-46(71)85-50-41(10)48(37(6)29-80-57-54(78-17)53(77-16)51(44(13)84-57)88-59(74)68-22-19-63-30-68)86-56(73)43(12)49(82-33-81-39(8)28-67(15)35(3)4)40(9)47(36(5)27-62(14,55(72)42(50)11)90-61(76)70-24-21-65-32-70)87-58-52(45(66-79-18)26-38(7)83-58)89-60(75)69-23-20-64-31-69/h19-24,30-32,34-44,47-54,57-58H,25-29,33H2,1-18H3/t36-,37-,38?,39-,40+,41-,42+,43?,44+,47-,48+,49-,50+,51+,52+,53+,54+,57?,58?,62-/m0/s1. The number of methoxy groups -OCH3 is 2. The molecule has 0 aliphatic carbocycles. The topological polar surface area (TPSA) is 301 Å². The van der Waals surface area contributed by atoms with Crippen molar-refractivity contribution >= 4 is 41.7 Å². The molecule has 28 heteroatoms. The summed E-state index contributed by atoms with van der Waals surface area (Å²) >= 11 is 0. The van der Waals surface area contributed by atoms with E-state index < -0.39 is 151 Å². The van der Waals surface area contributed by atoms with Gasteiger partial charge in [0.2, 0.25) is 6.29 Å². The van der Waals surface area contributed by atoms with E-state index in [0.717, 1.165) is 9.13 Å². The minimum absolute atomic E-state index is 0.0369. The zero-order valence-corrected chi connectivity index (χ0v) is 55.3. The van der Waals surface area contributed by atoms with Gasteiger partial charge in [0, 0.05) is 94.6 Å². The van der Waals surface area contributed by atoms with E-state index in [1.54, 1.807) is 55.4 Å². The van der Waals surface area contributed by atoms with E-state index in [1.807, 2.05) is 27.8 Å². The highest BCUT2D eigenvalue weighted by molar-refractivity contribution is 5.92. The number of Topliss-reactive ketones (excluding diaryl/α,β-unsaturated/α-hetero) is 1. The number of oxime groups is 1. The Bertz CT molecular complexity index is 2770. The maximum absolute atomic E-state index is 16.0. The largest absolute Gasteiger partial charge is 0.461 e. The predicted octanol–water partition coefficient (Wildman–Crippen LogP) is 7.19. The van der Waals surface area contributed by atoms with Crippen LogP contribution in [-0.2, 0) is 80.8 Å². The Labute approximate surface area is 527 Å². The maximum atomic E-state index is 16.0. The molecule has 3 aromatic heterocycles.